The second-order valence-corrected chi connectivity index (χ2v) is 8.48. The van der Waals surface area contributed by atoms with E-state index >= 15 is 0 Å². The molecule has 0 aliphatic rings. The van der Waals surface area contributed by atoms with Gasteiger partial charge in [0.2, 0.25) is 10.0 Å². The van der Waals surface area contributed by atoms with E-state index in [1.807, 2.05) is 31.2 Å². The maximum absolute atomic E-state index is 12.1. The van der Waals surface area contributed by atoms with Gasteiger partial charge in [-0.2, -0.15) is 0 Å². The molecule has 28 heavy (non-hydrogen) atoms. The highest BCUT2D eigenvalue weighted by Crippen LogP contribution is 2.14. The third kappa shape index (κ3) is 5.97. The van der Waals surface area contributed by atoms with Crippen LogP contribution >= 0.6 is 0 Å². The van der Waals surface area contributed by atoms with Gasteiger partial charge in [0, 0.05) is 27.2 Å². The molecule has 0 unspecified atom stereocenters. The number of hydrogen-bond acceptors (Lipinski definition) is 4. The molecule has 0 aliphatic heterocycles. The molecular weight excluding hydrogens is 376 g/mol. The predicted octanol–water partition coefficient (Wildman–Crippen LogP) is 2.20. The van der Waals surface area contributed by atoms with E-state index in [0.29, 0.717) is 19.0 Å². The van der Waals surface area contributed by atoms with E-state index in [-0.39, 0.29) is 4.90 Å². The Balaban J connectivity index is 2.02. The lowest BCUT2D eigenvalue weighted by molar-refractivity contribution is 0.414. The SMILES string of the molecule is CCNC(=NCc1cccc(OC)c1)NCc1ccc(S(=O)(=O)N(C)C)cc1. The number of sulfonamides is 1. The van der Waals surface area contributed by atoms with Crippen molar-refractivity contribution in [3.05, 3.63) is 59.7 Å². The second-order valence-electron chi connectivity index (χ2n) is 6.33. The lowest BCUT2D eigenvalue weighted by Crippen LogP contribution is -2.36. The number of nitrogens with one attached hydrogen (secondary N) is 2. The minimum atomic E-state index is -3.41. The number of rotatable bonds is 8. The second kappa shape index (κ2) is 10.1. The summed E-state index contributed by atoms with van der Waals surface area (Å²) in [5.41, 5.74) is 2.01. The van der Waals surface area contributed by atoms with Gasteiger partial charge in [0.05, 0.1) is 18.6 Å². The fourth-order valence-electron chi connectivity index (χ4n) is 2.46. The summed E-state index contributed by atoms with van der Waals surface area (Å²) in [7, 11) is 1.27. The number of benzene rings is 2. The largest absolute Gasteiger partial charge is 0.497 e. The average molecular weight is 405 g/mol. The fourth-order valence-corrected chi connectivity index (χ4v) is 3.36. The Morgan fingerprint density at radius 3 is 2.39 bits per heavy atom. The van der Waals surface area contributed by atoms with E-state index in [4.69, 9.17) is 4.74 Å². The van der Waals surface area contributed by atoms with Crippen molar-refractivity contribution < 1.29 is 13.2 Å². The van der Waals surface area contributed by atoms with Crippen molar-refractivity contribution in [2.75, 3.05) is 27.7 Å². The Hall–Kier alpha value is -2.58. The zero-order chi connectivity index (χ0) is 20.6. The van der Waals surface area contributed by atoms with Gasteiger partial charge in [-0.3, -0.25) is 0 Å². The van der Waals surface area contributed by atoms with Gasteiger partial charge < -0.3 is 15.4 Å². The maximum Gasteiger partial charge on any atom is 0.242 e. The van der Waals surface area contributed by atoms with Gasteiger partial charge in [-0.05, 0) is 42.3 Å². The zero-order valence-corrected chi connectivity index (χ0v) is 17.6. The first-order chi connectivity index (χ1) is 13.4. The maximum atomic E-state index is 12.1. The Bertz CT molecular complexity index is 894. The van der Waals surface area contributed by atoms with Crippen molar-refractivity contribution in [3.63, 3.8) is 0 Å². The lowest BCUT2D eigenvalue weighted by atomic mass is 10.2. The smallest absolute Gasteiger partial charge is 0.242 e. The summed E-state index contributed by atoms with van der Waals surface area (Å²) in [5, 5.41) is 6.47. The predicted molar refractivity (Wildman–Crippen MR) is 112 cm³/mol. The molecule has 0 spiro atoms. The van der Waals surface area contributed by atoms with E-state index in [2.05, 4.69) is 15.6 Å². The van der Waals surface area contributed by atoms with Crippen LogP contribution in [0.15, 0.2) is 58.4 Å². The molecule has 152 valence electrons. The number of guanidine groups is 1. The van der Waals surface area contributed by atoms with E-state index in [1.54, 1.807) is 31.4 Å². The highest BCUT2D eigenvalue weighted by Gasteiger charge is 2.16. The Morgan fingerprint density at radius 1 is 1.07 bits per heavy atom. The molecule has 0 heterocycles. The molecule has 8 heteroatoms. The Kier molecular flexibility index (Phi) is 7.83. The summed E-state index contributed by atoms with van der Waals surface area (Å²) in [6.07, 6.45) is 0. The monoisotopic (exact) mass is 404 g/mol. The highest BCUT2D eigenvalue weighted by molar-refractivity contribution is 7.89. The van der Waals surface area contributed by atoms with Gasteiger partial charge in [-0.25, -0.2) is 17.7 Å². The first kappa shape index (κ1) is 21.7. The van der Waals surface area contributed by atoms with Crippen LogP contribution in [0.5, 0.6) is 5.75 Å². The molecule has 0 fully saturated rings. The van der Waals surface area contributed by atoms with Crippen molar-refractivity contribution in [1.29, 1.82) is 0 Å². The van der Waals surface area contributed by atoms with E-state index in [0.717, 1.165) is 23.4 Å². The van der Waals surface area contributed by atoms with Gasteiger partial charge in [-0.1, -0.05) is 24.3 Å². The van der Waals surface area contributed by atoms with Crippen molar-refractivity contribution in [2.45, 2.75) is 24.9 Å². The quantitative estimate of drug-likeness (QED) is 0.521. The van der Waals surface area contributed by atoms with Crippen LogP contribution < -0.4 is 15.4 Å². The summed E-state index contributed by atoms with van der Waals surface area (Å²) in [4.78, 5) is 4.87. The molecule has 0 aromatic heterocycles. The number of nitrogens with zero attached hydrogens (tertiary/aromatic N) is 2. The summed E-state index contributed by atoms with van der Waals surface area (Å²) in [6.45, 7) is 3.80. The molecule has 0 radical (unpaired) electrons. The Labute approximate surface area is 167 Å². The summed E-state index contributed by atoms with van der Waals surface area (Å²) in [5.74, 6) is 1.49. The molecule has 2 aromatic rings. The van der Waals surface area contributed by atoms with E-state index in [1.165, 1.54) is 18.4 Å². The third-order valence-corrected chi connectivity index (χ3v) is 5.89. The van der Waals surface area contributed by atoms with Gasteiger partial charge in [0.25, 0.3) is 0 Å². The van der Waals surface area contributed by atoms with Crippen LogP contribution in [0.25, 0.3) is 0 Å². The van der Waals surface area contributed by atoms with Crippen molar-refractivity contribution >= 4 is 16.0 Å². The normalized spacial score (nSPS) is 12.1. The van der Waals surface area contributed by atoms with Crippen LogP contribution in [0, 0.1) is 0 Å². The van der Waals surface area contributed by atoms with Crippen molar-refractivity contribution in [2.24, 2.45) is 4.99 Å². The summed E-state index contributed by atoms with van der Waals surface area (Å²) >= 11 is 0. The van der Waals surface area contributed by atoms with Crippen molar-refractivity contribution in [1.82, 2.24) is 14.9 Å². The van der Waals surface area contributed by atoms with Gasteiger partial charge in [0.1, 0.15) is 5.75 Å². The van der Waals surface area contributed by atoms with Crippen LogP contribution in [0.2, 0.25) is 0 Å². The average Bonchev–Trinajstić information content (AvgIpc) is 2.70. The molecule has 0 bridgehead atoms. The molecule has 2 rings (SSSR count). The van der Waals surface area contributed by atoms with Crippen LogP contribution in [0.4, 0.5) is 0 Å². The molecule has 7 nitrogen and oxygen atoms in total. The highest BCUT2D eigenvalue weighted by atomic mass is 32.2. The minimum absolute atomic E-state index is 0.278. The number of methoxy groups -OCH3 is 1. The standard InChI is InChI=1S/C20H28N4O3S/c1-5-21-20(23-15-17-7-6-8-18(13-17)27-4)22-14-16-9-11-19(12-10-16)28(25,26)24(2)3/h6-13H,5,14-15H2,1-4H3,(H2,21,22,23). The molecule has 2 N–H and O–H groups in total. The number of hydrogen-bond donors (Lipinski definition) is 2. The first-order valence-corrected chi connectivity index (χ1v) is 10.5. The molecule has 0 saturated carbocycles. The Morgan fingerprint density at radius 2 is 1.79 bits per heavy atom. The van der Waals surface area contributed by atoms with Gasteiger partial charge in [0.15, 0.2) is 5.96 Å². The van der Waals surface area contributed by atoms with E-state index < -0.39 is 10.0 Å². The molecule has 0 saturated heterocycles. The summed E-state index contributed by atoms with van der Waals surface area (Å²) < 4.78 is 30.7. The zero-order valence-electron chi connectivity index (χ0n) is 16.8. The van der Waals surface area contributed by atoms with Crippen LogP contribution in [-0.2, 0) is 23.1 Å². The molecule has 0 amide bonds. The van der Waals surface area contributed by atoms with Gasteiger partial charge in [-0.15, -0.1) is 0 Å². The molecule has 0 atom stereocenters. The topological polar surface area (TPSA) is 83.0 Å². The van der Waals surface area contributed by atoms with E-state index in [9.17, 15) is 8.42 Å². The fraction of sp³-hybridized carbons (Fsp3) is 0.350. The van der Waals surface area contributed by atoms with Crippen LogP contribution in [0.3, 0.4) is 0 Å². The third-order valence-electron chi connectivity index (χ3n) is 4.06. The molecule has 0 aliphatic carbocycles. The van der Waals surface area contributed by atoms with Crippen LogP contribution in [-0.4, -0.2) is 46.4 Å². The minimum Gasteiger partial charge on any atom is -0.497 e. The molecule has 2 aromatic carbocycles. The number of ether oxygens (including phenoxy) is 1. The summed E-state index contributed by atoms with van der Waals surface area (Å²) in [6, 6.07) is 14.6. The van der Waals surface area contributed by atoms with Crippen molar-refractivity contribution in [3.8, 4) is 5.75 Å². The molecular formula is C20H28N4O3S. The lowest BCUT2D eigenvalue weighted by Gasteiger charge is -2.13. The number of aliphatic imine (C=N–C) groups is 1. The van der Waals surface area contributed by atoms with Gasteiger partial charge >= 0.3 is 0 Å². The van der Waals surface area contributed by atoms with Crippen LogP contribution in [0.1, 0.15) is 18.1 Å². The first-order valence-electron chi connectivity index (χ1n) is 9.03.